The molecule has 5 heteroatoms. The highest BCUT2D eigenvalue weighted by atomic mass is 16.5. The Balaban J connectivity index is 3.88. The second kappa shape index (κ2) is 9.30. The van der Waals surface area contributed by atoms with E-state index in [2.05, 4.69) is 16.6 Å². The first kappa shape index (κ1) is 17.4. The quantitative estimate of drug-likeness (QED) is 0.469. The van der Waals surface area contributed by atoms with Crippen LogP contribution in [0.25, 0.3) is 0 Å². The minimum Gasteiger partial charge on any atom is -0.468 e. The minimum absolute atomic E-state index is 0.347. The van der Waals surface area contributed by atoms with Crippen molar-refractivity contribution >= 4 is 5.97 Å². The summed E-state index contributed by atoms with van der Waals surface area (Å²) in [4.78, 5) is 13.7. The molecule has 0 bridgehead atoms. The third kappa shape index (κ3) is 6.93. The Labute approximate surface area is 111 Å². The summed E-state index contributed by atoms with van der Waals surface area (Å²) in [6.07, 6.45) is 1.51. The molecule has 0 aromatic heterocycles. The van der Waals surface area contributed by atoms with E-state index in [1.807, 2.05) is 6.92 Å². The van der Waals surface area contributed by atoms with E-state index < -0.39 is 5.54 Å². The van der Waals surface area contributed by atoms with Crippen LogP contribution in [0, 0.1) is 0 Å². The molecule has 0 aliphatic heterocycles. The average molecular weight is 260 g/mol. The fourth-order valence-electron chi connectivity index (χ4n) is 1.77. The number of likely N-dealkylation sites (N-methyl/N-ethyl adjacent to an activating group) is 1. The van der Waals surface area contributed by atoms with Crippen LogP contribution in [0.1, 0.15) is 33.6 Å². The van der Waals surface area contributed by atoms with E-state index in [1.54, 1.807) is 6.92 Å². The predicted molar refractivity (Wildman–Crippen MR) is 72.4 cm³/mol. The van der Waals surface area contributed by atoms with Crippen LogP contribution in [0.15, 0.2) is 0 Å². The molecule has 1 atom stereocenters. The van der Waals surface area contributed by atoms with Gasteiger partial charge in [-0.05, 0) is 39.8 Å². The van der Waals surface area contributed by atoms with Crippen molar-refractivity contribution in [2.45, 2.75) is 39.2 Å². The molecule has 0 aliphatic rings. The van der Waals surface area contributed by atoms with Crippen LogP contribution in [0.2, 0.25) is 0 Å². The number of esters is 1. The number of nitrogens with zero attached hydrogens (tertiary/aromatic N) is 1. The lowest BCUT2D eigenvalue weighted by molar-refractivity contribution is -0.146. The molecule has 108 valence electrons. The van der Waals surface area contributed by atoms with E-state index in [0.717, 1.165) is 39.3 Å². The Morgan fingerprint density at radius 3 is 2.50 bits per heavy atom. The molecule has 18 heavy (non-hydrogen) atoms. The van der Waals surface area contributed by atoms with Crippen LogP contribution >= 0.6 is 0 Å². The third-order valence-corrected chi connectivity index (χ3v) is 3.03. The molecule has 0 amide bonds. The molecule has 5 nitrogen and oxygen atoms in total. The summed E-state index contributed by atoms with van der Waals surface area (Å²) in [6, 6.07) is 0. The summed E-state index contributed by atoms with van der Waals surface area (Å²) in [7, 11) is 1.37. The summed E-state index contributed by atoms with van der Waals surface area (Å²) in [6.45, 7) is 10.2. The molecular formula is C13H28N2O3. The molecule has 0 aromatic carbocycles. The maximum absolute atomic E-state index is 11.4. The molecular weight excluding hydrogens is 232 g/mol. The molecule has 0 radical (unpaired) electrons. The molecule has 1 unspecified atom stereocenters. The smallest absolute Gasteiger partial charge is 0.325 e. The Hall–Kier alpha value is -0.650. The fraction of sp³-hybridized carbons (Fsp3) is 0.923. The number of hydrogen-bond donors (Lipinski definition) is 1. The molecule has 0 heterocycles. The summed E-state index contributed by atoms with van der Waals surface area (Å²) in [5.74, 6) is -0.347. The van der Waals surface area contributed by atoms with Gasteiger partial charge in [-0.15, -0.1) is 0 Å². The number of ether oxygens (including phenoxy) is 2. The Kier molecular flexibility index (Phi) is 8.97. The van der Waals surface area contributed by atoms with Crippen LogP contribution in [0.3, 0.4) is 0 Å². The van der Waals surface area contributed by atoms with Crippen molar-refractivity contribution in [1.82, 2.24) is 4.90 Å². The van der Waals surface area contributed by atoms with Crippen LogP contribution < -0.4 is 5.73 Å². The first-order valence-corrected chi connectivity index (χ1v) is 6.65. The predicted octanol–water partition coefficient (Wildman–Crippen LogP) is 1.02. The van der Waals surface area contributed by atoms with Gasteiger partial charge in [0.25, 0.3) is 0 Å². The Morgan fingerprint density at radius 1 is 1.33 bits per heavy atom. The van der Waals surface area contributed by atoms with Gasteiger partial charge in [0.2, 0.25) is 0 Å². The van der Waals surface area contributed by atoms with Crippen molar-refractivity contribution in [2.24, 2.45) is 5.73 Å². The second-order valence-corrected chi connectivity index (χ2v) is 4.64. The van der Waals surface area contributed by atoms with E-state index in [9.17, 15) is 4.79 Å². The van der Waals surface area contributed by atoms with Crippen LogP contribution in [-0.2, 0) is 14.3 Å². The van der Waals surface area contributed by atoms with Crippen molar-refractivity contribution in [3.8, 4) is 0 Å². The van der Waals surface area contributed by atoms with Crippen molar-refractivity contribution < 1.29 is 14.3 Å². The molecule has 0 aromatic rings. The topological polar surface area (TPSA) is 64.8 Å². The molecule has 0 rings (SSSR count). The van der Waals surface area contributed by atoms with Gasteiger partial charge >= 0.3 is 5.97 Å². The zero-order valence-corrected chi connectivity index (χ0v) is 12.2. The van der Waals surface area contributed by atoms with Crippen molar-refractivity contribution in [1.29, 1.82) is 0 Å². The molecule has 0 saturated carbocycles. The minimum atomic E-state index is -0.881. The van der Waals surface area contributed by atoms with E-state index in [1.165, 1.54) is 7.11 Å². The van der Waals surface area contributed by atoms with Crippen LogP contribution in [-0.4, -0.2) is 56.4 Å². The van der Waals surface area contributed by atoms with Gasteiger partial charge in [-0.3, -0.25) is 4.79 Å². The summed E-state index contributed by atoms with van der Waals surface area (Å²) in [5, 5.41) is 0. The SMILES string of the molecule is CCOCCN(CC)CCCC(C)(N)C(=O)OC. The average Bonchev–Trinajstić information content (AvgIpc) is 2.35. The van der Waals surface area contributed by atoms with Crippen molar-refractivity contribution in [2.75, 3.05) is 40.0 Å². The van der Waals surface area contributed by atoms with Crippen molar-refractivity contribution in [3.63, 3.8) is 0 Å². The molecule has 0 aliphatic carbocycles. The number of rotatable bonds is 10. The first-order chi connectivity index (χ1) is 8.47. The number of nitrogens with two attached hydrogens (primary N) is 1. The number of carbonyl (C=O) groups is 1. The van der Waals surface area contributed by atoms with Gasteiger partial charge < -0.3 is 20.1 Å². The maximum Gasteiger partial charge on any atom is 0.325 e. The zero-order chi connectivity index (χ0) is 14.0. The van der Waals surface area contributed by atoms with Gasteiger partial charge in [0.1, 0.15) is 5.54 Å². The largest absolute Gasteiger partial charge is 0.468 e. The van der Waals surface area contributed by atoms with E-state index >= 15 is 0 Å². The normalized spacial score (nSPS) is 14.6. The van der Waals surface area contributed by atoms with Gasteiger partial charge in [0.15, 0.2) is 0 Å². The lowest BCUT2D eigenvalue weighted by Crippen LogP contribution is -2.46. The summed E-state index contributed by atoms with van der Waals surface area (Å²) in [5.41, 5.74) is 5.02. The second-order valence-electron chi connectivity index (χ2n) is 4.64. The van der Waals surface area contributed by atoms with E-state index in [4.69, 9.17) is 10.5 Å². The highest BCUT2D eigenvalue weighted by Gasteiger charge is 2.28. The standard InChI is InChI=1S/C13H28N2O3/c1-5-15(10-11-18-6-2)9-7-8-13(3,14)12(16)17-4/h5-11,14H2,1-4H3. The van der Waals surface area contributed by atoms with Gasteiger partial charge in [0, 0.05) is 13.2 Å². The van der Waals surface area contributed by atoms with E-state index in [0.29, 0.717) is 6.42 Å². The highest BCUT2D eigenvalue weighted by Crippen LogP contribution is 2.11. The lowest BCUT2D eigenvalue weighted by Gasteiger charge is -2.24. The van der Waals surface area contributed by atoms with Crippen LogP contribution in [0.4, 0.5) is 0 Å². The number of hydrogen-bond acceptors (Lipinski definition) is 5. The van der Waals surface area contributed by atoms with E-state index in [-0.39, 0.29) is 5.97 Å². The summed E-state index contributed by atoms with van der Waals surface area (Å²) >= 11 is 0. The zero-order valence-electron chi connectivity index (χ0n) is 12.2. The molecule has 2 N–H and O–H groups in total. The molecule has 0 saturated heterocycles. The lowest BCUT2D eigenvalue weighted by atomic mass is 9.97. The van der Waals surface area contributed by atoms with Gasteiger partial charge in [0.05, 0.1) is 13.7 Å². The monoisotopic (exact) mass is 260 g/mol. The van der Waals surface area contributed by atoms with Gasteiger partial charge in [-0.2, -0.15) is 0 Å². The number of carbonyl (C=O) groups excluding carboxylic acids is 1. The van der Waals surface area contributed by atoms with Gasteiger partial charge in [-0.1, -0.05) is 6.92 Å². The fourth-order valence-corrected chi connectivity index (χ4v) is 1.77. The highest BCUT2D eigenvalue weighted by molar-refractivity contribution is 5.79. The van der Waals surface area contributed by atoms with Crippen molar-refractivity contribution in [3.05, 3.63) is 0 Å². The Bertz CT molecular complexity index is 232. The number of methoxy groups -OCH3 is 1. The molecule has 0 fully saturated rings. The van der Waals surface area contributed by atoms with Gasteiger partial charge in [-0.25, -0.2) is 0 Å². The third-order valence-electron chi connectivity index (χ3n) is 3.03. The maximum atomic E-state index is 11.4. The Morgan fingerprint density at radius 2 is 2.00 bits per heavy atom. The summed E-state index contributed by atoms with van der Waals surface area (Å²) < 4.78 is 10.0. The molecule has 0 spiro atoms. The first-order valence-electron chi connectivity index (χ1n) is 6.65. The van der Waals surface area contributed by atoms with Crippen LogP contribution in [0.5, 0.6) is 0 Å².